The standard InChI is InChI=1S/C43H67NO31/c45-5-14-31-20(51)25(56)38(64-14)71-32-15(6-46)66-40(27(58)22(32)53)73-34-17(8-48)68-42(29(60)24(34)55)75-36-19(10-50)69-43(30(61)37(36)63-11-12-1-3-13(44-62)4-2-12)74-35-18(9-49)67-41(28(59)23(35)54)72-33-16(7-47)65-39(70-31)26(57)21(33)52/h1-4,14-62H,5-11H2/t14-,15-,16-,17-,18-,19-,20-,21-,22-,23-,24-,25-,26-,27-,28-,29-,30-,31-,32-,33-,34-,35-,36+,37-,38-,39-,40-,41-,42-,43-/m1/s1. The van der Waals surface area contributed by atoms with Gasteiger partial charge in [-0.2, -0.15) is 0 Å². The highest BCUT2D eigenvalue weighted by Crippen LogP contribution is 2.39. The summed E-state index contributed by atoms with van der Waals surface area (Å²) in [5, 5.41) is 198. The van der Waals surface area contributed by atoms with Gasteiger partial charge in [-0.25, -0.2) is 0 Å². The van der Waals surface area contributed by atoms with Gasteiger partial charge in [0, 0.05) is 0 Å². The summed E-state index contributed by atoms with van der Waals surface area (Å²) in [6.45, 7) is -6.34. The maximum atomic E-state index is 12.0. The van der Waals surface area contributed by atoms with Crippen LogP contribution in [0.5, 0.6) is 0 Å². The summed E-state index contributed by atoms with van der Waals surface area (Å²) >= 11 is 0. The van der Waals surface area contributed by atoms with Crippen molar-refractivity contribution in [3.63, 3.8) is 0 Å². The maximum absolute atomic E-state index is 12.0. The maximum Gasteiger partial charge on any atom is 0.187 e. The predicted octanol–water partition coefficient (Wildman–Crippen LogP) is -11.0. The van der Waals surface area contributed by atoms with Gasteiger partial charge in [-0.05, 0) is 17.7 Å². The van der Waals surface area contributed by atoms with Gasteiger partial charge in [0.2, 0.25) is 0 Å². The van der Waals surface area contributed by atoms with E-state index in [4.69, 9.17) is 61.6 Å². The van der Waals surface area contributed by atoms with Crippen molar-refractivity contribution in [3.05, 3.63) is 29.8 Å². The first-order valence-corrected chi connectivity index (χ1v) is 24.0. The van der Waals surface area contributed by atoms with Crippen molar-refractivity contribution in [1.82, 2.24) is 0 Å². The zero-order valence-corrected chi connectivity index (χ0v) is 39.4. The molecule has 0 unspecified atom stereocenters. The Morgan fingerprint density at radius 1 is 0.320 bits per heavy atom. The molecule has 22 aliphatic heterocycles. The summed E-state index contributed by atoms with van der Waals surface area (Å²) in [4.78, 5) is 0. The fourth-order valence-electron chi connectivity index (χ4n) is 9.97. The lowest BCUT2D eigenvalue weighted by Crippen LogP contribution is -2.69. The monoisotopic (exact) mass is 1090 g/mol. The van der Waals surface area contributed by atoms with Crippen LogP contribution in [0.4, 0.5) is 5.69 Å². The lowest BCUT2D eigenvalue weighted by Gasteiger charge is -2.51. The second-order valence-corrected chi connectivity index (χ2v) is 18.9. The molecule has 32 heteroatoms. The van der Waals surface area contributed by atoms with Gasteiger partial charge in [0.25, 0.3) is 0 Å². The number of aliphatic hydroxyl groups excluding tert-OH is 17. The lowest BCUT2D eigenvalue weighted by atomic mass is 9.94. The highest BCUT2D eigenvalue weighted by Gasteiger charge is 2.59. The Labute approximate surface area is 424 Å². The zero-order valence-electron chi connectivity index (χ0n) is 39.4. The third-order valence-corrected chi connectivity index (χ3v) is 14.2. The molecule has 22 aliphatic rings. The van der Waals surface area contributed by atoms with Crippen LogP contribution in [0.2, 0.25) is 0 Å². The third kappa shape index (κ3) is 12.0. The molecule has 75 heavy (non-hydrogen) atoms. The molecule has 430 valence electrons. The SMILES string of the molecule is OC[C@H]1O[C@@H]2O[C@H]3[C@H](O)[C@@H](O)[C@@H](O[C@H]4[C@H](O)[C@@H](O)[C@@H](O[C@H]5[C@H](O)[C@@H](O)[C@@H](O[C@H]6[C@H](O)[C@@H](O)[C@@H](O[C@H]7[C@H](O)[C@@H](O)[C@@H](O[C@@H]1[C@H](OCc1ccc(NO)cc1)[C@H]2O)O[C@@H]7CO)O[C@@H]6CO)O[C@@H]5CO)O[C@@H]4CO)O[C@@H]3CO. The molecule has 0 aromatic heterocycles. The van der Waals surface area contributed by atoms with Crippen molar-refractivity contribution < 1.29 is 154 Å². The highest BCUT2D eigenvalue weighted by molar-refractivity contribution is 5.42. The number of anilines is 1. The molecule has 0 aliphatic carbocycles. The van der Waals surface area contributed by atoms with Crippen LogP contribution in [0.3, 0.4) is 0 Å². The van der Waals surface area contributed by atoms with Crippen LogP contribution >= 0.6 is 0 Å². The average Bonchev–Trinajstić information content (AvgIpc) is 3.42. The first-order valence-electron chi connectivity index (χ1n) is 24.0. The average molecular weight is 1090 g/mol. The topological polar surface area (TPSA) is 496 Å². The van der Waals surface area contributed by atoms with Crippen LogP contribution in [-0.2, 0) is 68.2 Å². The summed E-state index contributed by atoms with van der Waals surface area (Å²) in [7, 11) is 0. The van der Waals surface area contributed by atoms with Crippen LogP contribution in [0.1, 0.15) is 5.56 Å². The minimum absolute atomic E-state index is 0.293. The van der Waals surface area contributed by atoms with E-state index >= 15 is 0 Å². The molecule has 0 radical (unpaired) electrons. The van der Waals surface area contributed by atoms with Crippen molar-refractivity contribution in [1.29, 1.82) is 0 Å². The van der Waals surface area contributed by atoms with E-state index in [2.05, 4.69) is 0 Å². The van der Waals surface area contributed by atoms with Crippen molar-refractivity contribution in [3.8, 4) is 0 Å². The molecular weight excluding hydrogens is 1030 g/mol. The molecule has 0 amide bonds. The Bertz CT molecular complexity index is 1910. The van der Waals surface area contributed by atoms with Gasteiger partial charge in [0.15, 0.2) is 37.7 Å². The van der Waals surface area contributed by atoms with E-state index in [1.165, 1.54) is 24.3 Å². The largest absolute Gasteiger partial charge is 0.394 e. The van der Waals surface area contributed by atoms with Gasteiger partial charge in [-0.1, -0.05) is 12.1 Å². The molecule has 0 spiro atoms. The Morgan fingerprint density at radius 3 is 0.813 bits per heavy atom. The van der Waals surface area contributed by atoms with Gasteiger partial charge in [0.1, 0.15) is 146 Å². The molecule has 19 N–H and O–H groups in total. The van der Waals surface area contributed by atoms with Crippen LogP contribution in [0.25, 0.3) is 0 Å². The second kappa shape index (κ2) is 25.5. The number of hydrogen-bond acceptors (Lipinski definition) is 32. The van der Waals surface area contributed by atoms with Crippen molar-refractivity contribution in [2.24, 2.45) is 0 Å². The summed E-state index contributed by atoms with van der Waals surface area (Å²) in [5.74, 6) is 0. The normalized spacial score (nSPS) is 50.1. The summed E-state index contributed by atoms with van der Waals surface area (Å²) < 4.78 is 75.8. The van der Waals surface area contributed by atoms with Gasteiger partial charge in [0.05, 0.1) is 51.9 Å². The molecule has 0 saturated carbocycles. The minimum atomic E-state index is -2.16. The third-order valence-electron chi connectivity index (χ3n) is 14.2. The van der Waals surface area contributed by atoms with Crippen molar-refractivity contribution in [2.75, 3.05) is 45.1 Å². The van der Waals surface area contributed by atoms with E-state index in [9.17, 15) is 92.0 Å². The molecule has 23 rings (SSSR count). The van der Waals surface area contributed by atoms with E-state index in [1.807, 2.05) is 5.48 Å². The smallest absolute Gasteiger partial charge is 0.187 e. The number of aliphatic hydroxyl groups is 17. The fraction of sp³-hybridized carbons (Fsp3) is 0.860. The number of ether oxygens (including phenoxy) is 13. The Morgan fingerprint density at radius 2 is 0.560 bits per heavy atom. The molecule has 32 nitrogen and oxygen atoms in total. The van der Waals surface area contributed by atoms with Gasteiger partial charge in [-0.3, -0.25) is 10.7 Å². The van der Waals surface area contributed by atoms with Crippen molar-refractivity contribution in [2.45, 2.75) is 191 Å². The van der Waals surface area contributed by atoms with Crippen LogP contribution in [-0.4, -0.2) is 316 Å². The number of nitrogens with one attached hydrogen (secondary N) is 1. The number of benzene rings is 1. The Balaban J connectivity index is 1.12. The predicted molar refractivity (Wildman–Crippen MR) is 230 cm³/mol. The van der Waals surface area contributed by atoms with E-state index < -0.39 is 224 Å². The first-order chi connectivity index (χ1) is 35.9. The van der Waals surface area contributed by atoms with Crippen LogP contribution < -0.4 is 5.48 Å². The summed E-state index contributed by atoms with van der Waals surface area (Å²) in [6.07, 6.45) is -58.0. The molecule has 1 aromatic carbocycles. The molecule has 22 fully saturated rings. The van der Waals surface area contributed by atoms with Crippen LogP contribution in [0.15, 0.2) is 24.3 Å². The fourth-order valence-corrected chi connectivity index (χ4v) is 9.97. The Kier molecular flexibility index (Phi) is 20.0. The van der Waals surface area contributed by atoms with E-state index in [0.717, 1.165) is 0 Å². The van der Waals surface area contributed by atoms with E-state index in [-0.39, 0.29) is 6.61 Å². The summed E-state index contributed by atoms with van der Waals surface area (Å²) in [5.41, 5.74) is 2.69. The molecular formula is C43H67NO31. The molecule has 22 heterocycles. The molecule has 22 saturated heterocycles. The van der Waals surface area contributed by atoms with Crippen molar-refractivity contribution >= 4 is 5.69 Å². The quantitative estimate of drug-likeness (QED) is 0.0968. The van der Waals surface area contributed by atoms with E-state index in [1.54, 1.807) is 0 Å². The molecule has 30 atom stereocenters. The second-order valence-electron chi connectivity index (χ2n) is 18.9. The van der Waals surface area contributed by atoms with Gasteiger partial charge in [-0.15, -0.1) is 0 Å². The lowest BCUT2D eigenvalue weighted by molar-refractivity contribution is -0.405. The van der Waals surface area contributed by atoms with E-state index in [0.29, 0.717) is 11.3 Å². The zero-order chi connectivity index (χ0) is 54.2. The van der Waals surface area contributed by atoms with Crippen LogP contribution in [0, 0.1) is 0 Å². The molecule has 12 bridgehead atoms. The highest BCUT2D eigenvalue weighted by atomic mass is 16.8. The van der Waals surface area contributed by atoms with Gasteiger partial charge < -0.3 is 148 Å². The first kappa shape index (κ1) is 58.9. The summed E-state index contributed by atoms with van der Waals surface area (Å²) in [6, 6.07) is 5.97. The van der Waals surface area contributed by atoms with Gasteiger partial charge >= 0.3 is 0 Å². The minimum Gasteiger partial charge on any atom is -0.394 e. The molecule has 1 aromatic rings. The number of rotatable bonds is 10. The Hall–Kier alpha value is -2.22. The number of hydrogen-bond donors (Lipinski definition) is 19.